The van der Waals surface area contributed by atoms with Crippen molar-refractivity contribution in [3.8, 4) is 0 Å². The van der Waals surface area contributed by atoms with Gasteiger partial charge in [-0.25, -0.2) is 13.2 Å². The number of methoxy groups -OCH3 is 1. The number of sulfonamides is 1. The summed E-state index contributed by atoms with van der Waals surface area (Å²) in [6.07, 6.45) is 1.75. The van der Waals surface area contributed by atoms with E-state index >= 15 is 0 Å². The van der Waals surface area contributed by atoms with E-state index in [0.717, 1.165) is 12.8 Å². The van der Waals surface area contributed by atoms with E-state index in [-0.39, 0.29) is 10.5 Å². The summed E-state index contributed by atoms with van der Waals surface area (Å²) in [6, 6.07) is 4.39. The largest absolute Gasteiger partial charge is 0.465 e. The van der Waals surface area contributed by atoms with Crippen molar-refractivity contribution in [2.75, 3.05) is 20.2 Å². The molecule has 1 aromatic rings. The van der Waals surface area contributed by atoms with Crippen molar-refractivity contribution < 1.29 is 17.9 Å². The number of rotatable bonds is 3. The predicted octanol–water partition coefficient (Wildman–Crippen LogP) is 2.02. The molecule has 0 radical (unpaired) electrons. The van der Waals surface area contributed by atoms with Crippen molar-refractivity contribution in [2.24, 2.45) is 0 Å². The fraction of sp³-hybridized carbons (Fsp3) is 0.417. The highest BCUT2D eigenvalue weighted by Gasteiger charge is 2.28. The van der Waals surface area contributed by atoms with E-state index in [9.17, 15) is 13.2 Å². The second-order valence-electron chi connectivity index (χ2n) is 4.24. The summed E-state index contributed by atoms with van der Waals surface area (Å²) in [5, 5.41) is 0. The lowest BCUT2D eigenvalue weighted by Crippen LogP contribution is -2.28. The molecule has 19 heavy (non-hydrogen) atoms. The minimum atomic E-state index is -3.51. The lowest BCUT2D eigenvalue weighted by molar-refractivity contribution is 0.0599. The minimum absolute atomic E-state index is 0.123. The molecule has 0 N–H and O–H groups in total. The predicted molar refractivity (Wildman–Crippen MR) is 73.5 cm³/mol. The van der Waals surface area contributed by atoms with Crippen LogP contribution in [0.1, 0.15) is 23.2 Å². The highest BCUT2D eigenvalue weighted by Crippen LogP contribution is 2.25. The summed E-state index contributed by atoms with van der Waals surface area (Å²) >= 11 is 3.21. The van der Waals surface area contributed by atoms with Crippen LogP contribution in [-0.2, 0) is 14.8 Å². The van der Waals surface area contributed by atoms with Crippen LogP contribution in [0.4, 0.5) is 0 Å². The molecule has 5 nitrogen and oxygen atoms in total. The molecule has 0 aromatic heterocycles. The molecule has 104 valence electrons. The Kier molecular flexibility index (Phi) is 4.27. The molecule has 0 bridgehead atoms. The number of hydrogen-bond donors (Lipinski definition) is 0. The Morgan fingerprint density at radius 2 is 1.95 bits per heavy atom. The standard InChI is InChI=1S/C12H14BrNO4S/c1-18-12(15)10-8-9(4-5-11(10)13)19(16,17)14-6-2-3-7-14/h4-5,8H,2-3,6-7H2,1H3. The molecule has 0 aliphatic carbocycles. The Bertz CT molecular complexity index is 594. The SMILES string of the molecule is COC(=O)c1cc(S(=O)(=O)N2CCCC2)ccc1Br. The Morgan fingerprint density at radius 3 is 2.53 bits per heavy atom. The average molecular weight is 348 g/mol. The first-order valence-corrected chi connectivity index (χ1v) is 8.08. The van der Waals surface area contributed by atoms with E-state index in [4.69, 9.17) is 0 Å². The Morgan fingerprint density at radius 1 is 1.32 bits per heavy atom. The third kappa shape index (κ3) is 2.82. The van der Waals surface area contributed by atoms with Gasteiger partial charge >= 0.3 is 5.97 Å². The maximum atomic E-state index is 12.4. The van der Waals surface area contributed by atoms with E-state index in [1.165, 1.54) is 23.5 Å². The second-order valence-corrected chi connectivity index (χ2v) is 7.04. The van der Waals surface area contributed by atoms with E-state index in [1.54, 1.807) is 6.07 Å². The number of nitrogens with zero attached hydrogens (tertiary/aromatic N) is 1. The van der Waals surface area contributed by atoms with Crippen LogP contribution >= 0.6 is 15.9 Å². The van der Waals surface area contributed by atoms with Gasteiger partial charge in [0.1, 0.15) is 0 Å². The van der Waals surface area contributed by atoms with Crippen molar-refractivity contribution in [3.05, 3.63) is 28.2 Å². The molecule has 2 rings (SSSR count). The first kappa shape index (κ1) is 14.5. The van der Waals surface area contributed by atoms with Crippen LogP contribution in [0.25, 0.3) is 0 Å². The zero-order chi connectivity index (χ0) is 14.0. The highest BCUT2D eigenvalue weighted by molar-refractivity contribution is 9.10. The smallest absolute Gasteiger partial charge is 0.339 e. The fourth-order valence-corrected chi connectivity index (χ4v) is 3.96. The number of halogens is 1. The second kappa shape index (κ2) is 5.60. The number of carbonyl (C=O) groups is 1. The lowest BCUT2D eigenvalue weighted by Gasteiger charge is -2.16. The minimum Gasteiger partial charge on any atom is -0.465 e. The molecule has 1 heterocycles. The molecule has 7 heteroatoms. The average Bonchev–Trinajstić information content (AvgIpc) is 2.92. The first-order valence-electron chi connectivity index (χ1n) is 5.85. The summed E-state index contributed by atoms with van der Waals surface area (Å²) in [6.45, 7) is 1.07. The molecule has 1 aliphatic rings. The van der Waals surface area contributed by atoms with Crippen molar-refractivity contribution in [1.29, 1.82) is 0 Å². The highest BCUT2D eigenvalue weighted by atomic mass is 79.9. The summed E-state index contributed by atoms with van der Waals surface area (Å²) < 4.78 is 31.3. The van der Waals surface area contributed by atoms with Gasteiger partial charge in [-0.05, 0) is 47.0 Å². The maximum Gasteiger partial charge on any atom is 0.339 e. The van der Waals surface area contributed by atoms with Gasteiger partial charge < -0.3 is 4.74 Å². The monoisotopic (exact) mass is 347 g/mol. The quantitative estimate of drug-likeness (QED) is 0.784. The number of esters is 1. The topological polar surface area (TPSA) is 63.7 Å². The van der Waals surface area contributed by atoms with Gasteiger partial charge in [-0.1, -0.05) is 0 Å². The zero-order valence-corrected chi connectivity index (χ0v) is 12.8. The number of benzene rings is 1. The van der Waals surface area contributed by atoms with E-state index in [0.29, 0.717) is 17.6 Å². The molecule has 0 saturated carbocycles. The normalized spacial score (nSPS) is 16.5. The molecule has 1 aromatic carbocycles. The van der Waals surface area contributed by atoms with Crippen molar-refractivity contribution in [3.63, 3.8) is 0 Å². The molecule has 0 amide bonds. The Hall–Kier alpha value is -0.920. The third-order valence-corrected chi connectivity index (χ3v) is 5.63. The summed E-state index contributed by atoms with van der Waals surface area (Å²) in [5.41, 5.74) is 0.211. The summed E-state index contributed by atoms with van der Waals surface area (Å²) in [4.78, 5) is 11.7. The lowest BCUT2D eigenvalue weighted by atomic mass is 10.2. The molecule has 0 atom stereocenters. The van der Waals surface area contributed by atoms with Gasteiger partial charge in [-0.15, -0.1) is 0 Å². The van der Waals surface area contributed by atoms with Gasteiger partial charge in [0, 0.05) is 17.6 Å². The van der Waals surface area contributed by atoms with Gasteiger partial charge in [-0.2, -0.15) is 4.31 Å². The zero-order valence-electron chi connectivity index (χ0n) is 10.4. The number of hydrogen-bond acceptors (Lipinski definition) is 4. The molecule has 0 spiro atoms. The first-order chi connectivity index (χ1) is 8.96. The van der Waals surface area contributed by atoms with Crippen LogP contribution in [-0.4, -0.2) is 38.9 Å². The molecular weight excluding hydrogens is 334 g/mol. The third-order valence-electron chi connectivity index (χ3n) is 3.05. The Labute approximate surface area is 120 Å². The van der Waals surface area contributed by atoms with Crippen LogP contribution < -0.4 is 0 Å². The maximum absolute atomic E-state index is 12.4. The van der Waals surface area contributed by atoms with Crippen LogP contribution in [0.15, 0.2) is 27.6 Å². The van der Waals surface area contributed by atoms with Gasteiger partial charge in [-0.3, -0.25) is 0 Å². The summed E-state index contributed by atoms with van der Waals surface area (Å²) in [7, 11) is -2.25. The van der Waals surface area contributed by atoms with Gasteiger partial charge in [0.15, 0.2) is 0 Å². The van der Waals surface area contributed by atoms with E-state index in [1.807, 2.05) is 0 Å². The molecule has 0 unspecified atom stereocenters. The van der Waals surface area contributed by atoms with Crippen molar-refractivity contribution in [1.82, 2.24) is 4.31 Å². The van der Waals surface area contributed by atoms with E-state index < -0.39 is 16.0 Å². The van der Waals surface area contributed by atoms with Crippen LogP contribution in [0.2, 0.25) is 0 Å². The Balaban J connectivity index is 2.43. The van der Waals surface area contributed by atoms with Gasteiger partial charge in [0.2, 0.25) is 10.0 Å². The van der Waals surface area contributed by atoms with Crippen molar-refractivity contribution in [2.45, 2.75) is 17.7 Å². The number of carbonyl (C=O) groups excluding carboxylic acids is 1. The summed E-state index contributed by atoms with van der Waals surface area (Å²) in [5.74, 6) is -0.564. The molecule has 1 fully saturated rings. The van der Waals surface area contributed by atoms with E-state index in [2.05, 4.69) is 20.7 Å². The van der Waals surface area contributed by atoms with Crippen molar-refractivity contribution >= 4 is 31.9 Å². The van der Waals surface area contributed by atoms with Crippen LogP contribution in [0.3, 0.4) is 0 Å². The van der Waals surface area contributed by atoms with Crippen LogP contribution in [0, 0.1) is 0 Å². The van der Waals surface area contributed by atoms with Crippen LogP contribution in [0.5, 0.6) is 0 Å². The molecular formula is C12H14BrNO4S. The van der Waals surface area contributed by atoms with Gasteiger partial charge in [0.25, 0.3) is 0 Å². The molecule has 1 aliphatic heterocycles. The fourth-order valence-electron chi connectivity index (χ4n) is 2.01. The number of ether oxygens (including phenoxy) is 1. The van der Waals surface area contributed by atoms with Gasteiger partial charge in [0.05, 0.1) is 17.6 Å². The molecule has 1 saturated heterocycles.